The van der Waals surface area contributed by atoms with Crippen molar-refractivity contribution in [3.05, 3.63) is 15.9 Å². The maximum Gasteiger partial charge on any atom is 0.251 e. The largest absolute Gasteiger partial charge is 0.299 e. The number of likely N-dealkylation sites (tertiary alicyclic amines) is 1. The molecule has 1 unspecified atom stereocenters. The molecule has 1 aliphatic heterocycles. The van der Waals surface area contributed by atoms with E-state index in [1.807, 2.05) is 0 Å². The van der Waals surface area contributed by atoms with Crippen molar-refractivity contribution < 1.29 is 8.42 Å². The SMILES string of the molecule is O=S(=O)(NC1CCN(C2CC2)C1)c1sccc1Br. The molecule has 0 radical (unpaired) electrons. The maximum atomic E-state index is 12.2. The predicted molar refractivity (Wildman–Crippen MR) is 75.3 cm³/mol. The summed E-state index contributed by atoms with van der Waals surface area (Å²) >= 11 is 4.53. The molecule has 1 aromatic rings. The minimum Gasteiger partial charge on any atom is -0.299 e. The first-order valence-corrected chi connectivity index (χ1v) is 9.21. The number of rotatable bonds is 4. The van der Waals surface area contributed by atoms with Crippen LogP contribution in [-0.4, -0.2) is 38.5 Å². The number of halogens is 1. The molecule has 1 saturated heterocycles. The first kappa shape index (κ1) is 13.1. The van der Waals surface area contributed by atoms with Crippen LogP contribution in [0.5, 0.6) is 0 Å². The van der Waals surface area contributed by atoms with E-state index in [1.165, 1.54) is 24.2 Å². The Kier molecular flexibility index (Phi) is 3.53. The van der Waals surface area contributed by atoms with Gasteiger partial charge in [-0.25, -0.2) is 13.1 Å². The van der Waals surface area contributed by atoms with Crippen molar-refractivity contribution in [3.8, 4) is 0 Å². The van der Waals surface area contributed by atoms with Gasteiger partial charge in [0.2, 0.25) is 0 Å². The lowest BCUT2D eigenvalue weighted by Crippen LogP contribution is -2.37. The maximum absolute atomic E-state index is 12.2. The van der Waals surface area contributed by atoms with Crippen LogP contribution in [0.15, 0.2) is 20.1 Å². The van der Waals surface area contributed by atoms with Crippen molar-refractivity contribution in [2.24, 2.45) is 0 Å². The van der Waals surface area contributed by atoms with E-state index in [2.05, 4.69) is 25.6 Å². The summed E-state index contributed by atoms with van der Waals surface area (Å²) in [6.45, 7) is 1.87. The number of thiophene rings is 1. The van der Waals surface area contributed by atoms with Gasteiger partial charge in [-0.05, 0) is 46.6 Å². The van der Waals surface area contributed by atoms with Crippen molar-refractivity contribution in [3.63, 3.8) is 0 Å². The molecule has 2 aliphatic rings. The van der Waals surface area contributed by atoms with Crippen LogP contribution in [0.2, 0.25) is 0 Å². The molecule has 0 spiro atoms. The van der Waals surface area contributed by atoms with Crippen molar-refractivity contribution in [2.45, 2.75) is 35.6 Å². The molecular weight excluding hydrogens is 336 g/mol. The Bertz CT molecular complexity index is 539. The van der Waals surface area contributed by atoms with Crippen LogP contribution in [-0.2, 0) is 10.0 Å². The predicted octanol–water partition coefficient (Wildman–Crippen LogP) is 2.03. The van der Waals surface area contributed by atoms with Crippen LogP contribution in [0.1, 0.15) is 19.3 Å². The Hall–Kier alpha value is 0.0500. The van der Waals surface area contributed by atoms with E-state index in [-0.39, 0.29) is 6.04 Å². The highest BCUT2D eigenvalue weighted by atomic mass is 79.9. The monoisotopic (exact) mass is 350 g/mol. The number of hydrogen-bond donors (Lipinski definition) is 1. The summed E-state index contributed by atoms with van der Waals surface area (Å²) in [6.07, 6.45) is 3.46. The van der Waals surface area contributed by atoms with Gasteiger partial charge < -0.3 is 0 Å². The zero-order chi connectivity index (χ0) is 12.8. The Morgan fingerprint density at radius 2 is 2.17 bits per heavy atom. The molecule has 18 heavy (non-hydrogen) atoms. The van der Waals surface area contributed by atoms with E-state index < -0.39 is 10.0 Å². The standard InChI is InChI=1S/C11H15BrN2O2S2/c12-10-4-6-17-11(10)18(15,16)13-8-3-5-14(7-8)9-1-2-9/h4,6,8-9,13H,1-3,5,7H2. The van der Waals surface area contributed by atoms with Gasteiger partial charge in [0.05, 0.1) is 0 Å². The Balaban J connectivity index is 1.67. The van der Waals surface area contributed by atoms with E-state index in [9.17, 15) is 8.42 Å². The van der Waals surface area contributed by atoms with Crippen molar-refractivity contribution in [1.29, 1.82) is 0 Å². The molecular formula is C11H15BrN2O2S2. The minimum absolute atomic E-state index is 0.0598. The molecule has 4 nitrogen and oxygen atoms in total. The zero-order valence-corrected chi connectivity index (χ0v) is 13.0. The molecule has 1 saturated carbocycles. The van der Waals surface area contributed by atoms with Gasteiger partial charge in [0, 0.05) is 29.6 Å². The van der Waals surface area contributed by atoms with Gasteiger partial charge in [-0.3, -0.25) is 4.90 Å². The lowest BCUT2D eigenvalue weighted by Gasteiger charge is -2.15. The lowest BCUT2D eigenvalue weighted by atomic mass is 10.3. The summed E-state index contributed by atoms with van der Waals surface area (Å²) < 4.78 is 28.3. The van der Waals surface area contributed by atoms with Gasteiger partial charge in [-0.1, -0.05) is 0 Å². The highest BCUT2D eigenvalue weighted by molar-refractivity contribution is 9.10. The van der Waals surface area contributed by atoms with Gasteiger partial charge in [0.25, 0.3) is 10.0 Å². The molecule has 2 heterocycles. The van der Waals surface area contributed by atoms with Crippen molar-refractivity contribution >= 4 is 37.3 Å². The minimum atomic E-state index is -3.36. The van der Waals surface area contributed by atoms with E-state index in [0.717, 1.165) is 19.5 Å². The van der Waals surface area contributed by atoms with Gasteiger partial charge >= 0.3 is 0 Å². The van der Waals surface area contributed by atoms with E-state index >= 15 is 0 Å². The fourth-order valence-corrected chi connectivity index (χ4v) is 6.02. The molecule has 1 aliphatic carbocycles. The first-order chi connectivity index (χ1) is 8.56. The average molecular weight is 351 g/mol. The molecule has 1 aromatic heterocycles. The number of nitrogens with zero attached hydrogens (tertiary/aromatic N) is 1. The highest BCUT2D eigenvalue weighted by Gasteiger charge is 2.36. The average Bonchev–Trinajstić information content (AvgIpc) is 2.90. The number of sulfonamides is 1. The molecule has 0 bridgehead atoms. The molecule has 0 amide bonds. The van der Waals surface area contributed by atoms with E-state index in [4.69, 9.17) is 0 Å². The van der Waals surface area contributed by atoms with E-state index in [0.29, 0.717) is 14.7 Å². The van der Waals surface area contributed by atoms with E-state index in [1.54, 1.807) is 11.4 Å². The molecule has 2 fully saturated rings. The second-order valence-electron chi connectivity index (χ2n) is 4.89. The van der Waals surface area contributed by atoms with Crippen LogP contribution < -0.4 is 4.72 Å². The molecule has 1 atom stereocenters. The normalized spacial score (nSPS) is 25.7. The fraction of sp³-hybridized carbons (Fsp3) is 0.636. The van der Waals surface area contributed by atoms with Crippen LogP contribution in [0.3, 0.4) is 0 Å². The summed E-state index contributed by atoms with van der Waals surface area (Å²) in [5.74, 6) is 0. The fourth-order valence-electron chi connectivity index (χ4n) is 2.40. The van der Waals surface area contributed by atoms with Crippen molar-refractivity contribution in [1.82, 2.24) is 9.62 Å². The van der Waals surface area contributed by atoms with Crippen LogP contribution in [0, 0.1) is 0 Å². The quantitative estimate of drug-likeness (QED) is 0.903. The zero-order valence-electron chi connectivity index (χ0n) is 9.80. The Morgan fingerprint density at radius 1 is 1.39 bits per heavy atom. The molecule has 7 heteroatoms. The highest BCUT2D eigenvalue weighted by Crippen LogP contribution is 2.31. The third-order valence-corrected chi connectivity index (χ3v) is 7.62. The van der Waals surface area contributed by atoms with Crippen LogP contribution in [0.4, 0.5) is 0 Å². The van der Waals surface area contributed by atoms with Gasteiger partial charge in [0.1, 0.15) is 4.21 Å². The second kappa shape index (κ2) is 4.86. The molecule has 1 N–H and O–H groups in total. The first-order valence-electron chi connectivity index (χ1n) is 6.05. The topological polar surface area (TPSA) is 49.4 Å². The second-order valence-corrected chi connectivity index (χ2v) is 8.57. The summed E-state index contributed by atoms with van der Waals surface area (Å²) in [6, 6.07) is 2.54. The molecule has 3 rings (SSSR count). The number of hydrogen-bond acceptors (Lipinski definition) is 4. The smallest absolute Gasteiger partial charge is 0.251 e. The molecule has 100 valence electrons. The van der Waals surface area contributed by atoms with Crippen LogP contribution in [0.25, 0.3) is 0 Å². The summed E-state index contributed by atoms with van der Waals surface area (Å²) in [5.41, 5.74) is 0. The van der Waals surface area contributed by atoms with Gasteiger partial charge in [-0.2, -0.15) is 0 Å². The van der Waals surface area contributed by atoms with Gasteiger partial charge in [0.15, 0.2) is 0 Å². The summed E-state index contributed by atoms with van der Waals surface area (Å²) in [7, 11) is -3.36. The Morgan fingerprint density at radius 3 is 2.78 bits per heavy atom. The Labute approximate surface area is 120 Å². The lowest BCUT2D eigenvalue weighted by molar-refractivity contribution is 0.322. The summed E-state index contributed by atoms with van der Waals surface area (Å²) in [5, 5.41) is 1.78. The van der Waals surface area contributed by atoms with Crippen LogP contribution >= 0.6 is 27.3 Å². The van der Waals surface area contributed by atoms with Crippen molar-refractivity contribution in [2.75, 3.05) is 13.1 Å². The molecule has 0 aromatic carbocycles. The van der Waals surface area contributed by atoms with Gasteiger partial charge in [-0.15, -0.1) is 11.3 Å². The third-order valence-electron chi connectivity index (χ3n) is 3.43. The third kappa shape index (κ3) is 2.65. The summed E-state index contributed by atoms with van der Waals surface area (Å²) in [4.78, 5) is 2.40. The number of nitrogens with one attached hydrogen (secondary N) is 1.